The Bertz CT molecular complexity index is 356. The van der Waals surface area contributed by atoms with Crippen molar-refractivity contribution in [2.75, 3.05) is 12.3 Å². The van der Waals surface area contributed by atoms with Crippen LogP contribution in [0.15, 0.2) is 12.1 Å². The number of hydrogen-bond acceptors (Lipinski definition) is 2. The zero-order valence-corrected chi connectivity index (χ0v) is 6.64. The molecular weight excluding hydrogens is 176 g/mol. The third kappa shape index (κ3) is 2.17. The van der Waals surface area contributed by atoms with Crippen molar-refractivity contribution in [3.63, 3.8) is 0 Å². The van der Waals surface area contributed by atoms with E-state index >= 15 is 0 Å². The van der Waals surface area contributed by atoms with Crippen LogP contribution in [0.1, 0.15) is 5.56 Å². The molecule has 0 atom stereocenters. The van der Waals surface area contributed by atoms with Gasteiger partial charge in [0.2, 0.25) is 0 Å². The summed E-state index contributed by atoms with van der Waals surface area (Å²) < 4.78 is 25.9. The van der Waals surface area contributed by atoms with Gasteiger partial charge in [-0.2, -0.15) is 0 Å². The SMILES string of the molecule is Nc1cc(F)c(C#CCO)c(F)c1. The maximum Gasteiger partial charge on any atom is 0.143 e. The van der Waals surface area contributed by atoms with E-state index in [1.54, 1.807) is 0 Å². The second kappa shape index (κ2) is 3.87. The highest BCUT2D eigenvalue weighted by molar-refractivity contribution is 5.47. The molecule has 0 aliphatic carbocycles. The Morgan fingerprint density at radius 3 is 2.31 bits per heavy atom. The third-order valence-corrected chi connectivity index (χ3v) is 1.36. The summed E-state index contributed by atoms with van der Waals surface area (Å²) in [4.78, 5) is 0. The molecule has 0 bridgehead atoms. The second-order valence-electron chi connectivity index (χ2n) is 2.32. The Hall–Kier alpha value is -1.60. The van der Waals surface area contributed by atoms with Crippen molar-refractivity contribution in [1.29, 1.82) is 0 Å². The van der Waals surface area contributed by atoms with E-state index in [0.29, 0.717) is 0 Å². The van der Waals surface area contributed by atoms with Crippen molar-refractivity contribution in [1.82, 2.24) is 0 Å². The summed E-state index contributed by atoms with van der Waals surface area (Å²) in [7, 11) is 0. The van der Waals surface area contributed by atoms with Gasteiger partial charge in [-0.05, 0) is 12.1 Å². The molecule has 0 fully saturated rings. The van der Waals surface area contributed by atoms with Crippen molar-refractivity contribution >= 4 is 5.69 Å². The lowest BCUT2D eigenvalue weighted by atomic mass is 10.2. The molecule has 0 aliphatic heterocycles. The first kappa shape index (κ1) is 9.49. The van der Waals surface area contributed by atoms with E-state index in [0.717, 1.165) is 12.1 Å². The minimum Gasteiger partial charge on any atom is -0.399 e. The Morgan fingerprint density at radius 2 is 1.85 bits per heavy atom. The van der Waals surface area contributed by atoms with E-state index in [4.69, 9.17) is 10.8 Å². The van der Waals surface area contributed by atoms with Crippen LogP contribution in [-0.4, -0.2) is 11.7 Å². The number of nitrogens with two attached hydrogens (primary N) is 1. The number of halogens is 2. The smallest absolute Gasteiger partial charge is 0.143 e. The van der Waals surface area contributed by atoms with Crippen LogP contribution < -0.4 is 5.73 Å². The Labute approximate surface area is 74.0 Å². The molecular formula is C9H7F2NO. The quantitative estimate of drug-likeness (QED) is 0.463. The third-order valence-electron chi connectivity index (χ3n) is 1.36. The van der Waals surface area contributed by atoms with Crippen LogP contribution in [0, 0.1) is 23.5 Å². The lowest BCUT2D eigenvalue weighted by molar-refractivity contribution is 0.350. The van der Waals surface area contributed by atoms with Crippen molar-refractivity contribution < 1.29 is 13.9 Å². The van der Waals surface area contributed by atoms with E-state index in [2.05, 4.69) is 11.8 Å². The first-order valence-electron chi connectivity index (χ1n) is 3.49. The van der Waals surface area contributed by atoms with Gasteiger partial charge in [0, 0.05) is 5.69 Å². The molecule has 2 nitrogen and oxygen atoms in total. The molecule has 0 heterocycles. The van der Waals surface area contributed by atoms with Crippen molar-refractivity contribution in [2.45, 2.75) is 0 Å². The lowest BCUT2D eigenvalue weighted by Gasteiger charge is -1.98. The highest BCUT2D eigenvalue weighted by Gasteiger charge is 2.06. The van der Waals surface area contributed by atoms with Crippen LogP contribution in [0.5, 0.6) is 0 Å². The topological polar surface area (TPSA) is 46.2 Å². The number of aliphatic hydroxyl groups excluding tert-OH is 1. The number of hydrogen-bond donors (Lipinski definition) is 2. The molecule has 1 rings (SSSR count). The van der Waals surface area contributed by atoms with Crippen LogP contribution in [0.2, 0.25) is 0 Å². The average molecular weight is 183 g/mol. The van der Waals surface area contributed by atoms with Gasteiger partial charge in [-0.25, -0.2) is 8.78 Å². The monoisotopic (exact) mass is 183 g/mol. The number of aliphatic hydroxyl groups is 1. The van der Waals surface area contributed by atoms with Gasteiger partial charge in [0.05, 0.1) is 5.56 Å². The number of anilines is 1. The summed E-state index contributed by atoms with van der Waals surface area (Å²) in [5, 5.41) is 8.32. The fraction of sp³-hybridized carbons (Fsp3) is 0.111. The summed E-state index contributed by atoms with van der Waals surface area (Å²) >= 11 is 0. The largest absolute Gasteiger partial charge is 0.399 e. The molecule has 0 saturated carbocycles. The molecule has 3 N–H and O–H groups in total. The average Bonchev–Trinajstić information content (AvgIpc) is 2.02. The van der Waals surface area contributed by atoms with E-state index in [-0.39, 0.29) is 11.3 Å². The van der Waals surface area contributed by atoms with Gasteiger partial charge < -0.3 is 10.8 Å². The number of nitrogen functional groups attached to an aromatic ring is 1. The van der Waals surface area contributed by atoms with Gasteiger partial charge in [0.25, 0.3) is 0 Å². The van der Waals surface area contributed by atoms with Crippen LogP contribution in [0.3, 0.4) is 0 Å². The summed E-state index contributed by atoms with van der Waals surface area (Å²) in [5.41, 5.74) is 4.81. The molecule has 0 aliphatic rings. The summed E-state index contributed by atoms with van der Waals surface area (Å²) in [6.07, 6.45) is 0. The van der Waals surface area contributed by atoms with Gasteiger partial charge in [-0.15, -0.1) is 0 Å². The van der Waals surface area contributed by atoms with Crippen molar-refractivity contribution in [3.05, 3.63) is 29.3 Å². The molecule has 0 amide bonds. The molecule has 0 radical (unpaired) electrons. The standard InChI is InChI=1S/C9H7F2NO/c10-8-4-6(12)5-9(11)7(8)2-1-3-13/h4-5,13H,3,12H2. The predicted octanol–water partition coefficient (Wildman–Crippen LogP) is 0.891. The number of benzene rings is 1. The maximum absolute atomic E-state index is 12.9. The molecule has 0 saturated heterocycles. The second-order valence-corrected chi connectivity index (χ2v) is 2.32. The van der Waals surface area contributed by atoms with Crippen molar-refractivity contribution in [3.8, 4) is 11.8 Å². The van der Waals surface area contributed by atoms with Gasteiger partial charge in [0.1, 0.15) is 18.2 Å². The first-order chi connectivity index (χ1) is 6.15. The molecule has 68 valence electrons. The van der Waals surface area contributed by atoms with E-state index in [9.17, 15) is 8.78 Å². The Balaban J connectivity index is 3.21. The van der Waals surface area contributed by atoms with Gasteiger partial charge in [-0.3, -0.25) is 0 Å². The highest BCUT2D eigenvalue weighted by atomic mass is 19.1. The normalized spacial score (nSPS) is 9.15. The van der Waals surface area contributed by atoms with Gasteiger partial charge in [0.15, 0.2) is 0 Å². The lowest BCUT2D eigenvalue weighted by Crippen LogP contribution is -1.94. The van der Waals surface area contributed by atoms with E-state index in [1.165, 1.54) is 0 Å². The first-order valence-corrected chi connectivity index (χ1v) is 3.49. The highest BCUT2D eigenvalue weighted by Crippen LogP contribution is 2.15. The zero-order chi connectivity index (χ0) is 9.84. The fourth-order valence-corrected chi connectivity index (χ4v) is 0.840. The molecule has 0 spiro atoms. The maximum atomic E-state index is 12.9. The van der Waals surface area contributed by atoms with Crippen LogP contribution in [0.25, 0.3) is 0 Å². The minimum absolute atomic E-state index is 0.00421. The Morgan fingerprint density at radius 1 is 1.31 bits per heavy atom. The summed E-state index contributed by atoms with van der Waals surface area (Å²) in [6.45, 7) is -0.441. The molecule has 0 unspecified atom stereocenters. The predicted molar refractivity (Wildman–Crippen MR) is 44.7 cm³/mol. The van der Waals surface area contributed by atoms with Crippen LogP contribution in [0.4, 0.5) is 14.5 Å². The summed E-state index contributed by atoms with van der Waals surface area (Å²) in [6, 6.07) is 1.95. The van der Waals surface area contributed by atoms with Crippen molar-refractivity contribution in [2.24, 2.45) is 0 Å². The fourth-order valence-electron chi connectivity index (χ4n) is 0.840. The molecule has 13 heavy (non-hydrogen) atoms. The summed E-state index contributed by atoms with van der Waals surface area (Å²) in [5.74, 6) is 2.66. The van der Waals surface area contributed by atoms with E-state index < -0.39 is 18.2 Å². The Kier molecular flexibility index (Phi) is 2.83. The zero-order valence-electron chi connectivity index (χ0n) is 6.64. The van der Waals surface area contributed by atoms with Crippen LogP contribution in [-0.2, 0) is 0 Å². The molecule has 0 aromatic heterocycles. The van der Waals surface area contributed by atoms with Crippen LogP contribution >= 0.6 is 0 Å². The number of rotatable bonds is 0. The van der Waals surface area contributed by atoms with Gasteiger partial charge >= 0.3 is 0 Å². The molecule has 1 aromatic rings. The van der Waals surface area contributed by atoms with Gasteiger partial charge in [-0.1, -0.05) is 11.8 Å². The molecule has 1 aromatic carbocycles. The molecule has 4 heteroatoms. The van der Waals surface area contributed by atoms with E-state index in [1.807, 2.05) is 0 Å². The minimum atomic E-state index is -0.821.